The Balaban J connectivity index is 2.09. The first-order valence-corrected chi connectivity index (χ1v) is 7.84. The number of nitrogens with one attached hydrogen (secondary N) is 1. The molecule has 1 N–H and O–H groups in total. The molecular formula is C16H16Cl3NO. The molecule has 112 valence electrons. The van der Waals surface area contributed by atoms with Gasteiger partial charge in [0.15, 0.2) is 5.75 Å². The molecule has 21 heavy (non-hydrogen) atoms. The van der Waals surface area contributed by atoms with Gasteiger partial charge in [0, 0.05) is 6.54 Å². The van der Waals surface area contributed by atoms with Crippen molar-refractivity contribution in [2.24, 2.45) is 0 Å². The van der Waals surface area contributed by atoms with E-state index in [0.717, 1.165) is 17.7 Å². The topological polar surface area (TPSA) is 21.3 Å². The summed E-state index contributed by atoms with van der Waals surface area (Å²) in [6, 6.07) is 11.3. The van der Waals surface area contributed by atoms with Crippen molar-refractivity contribution in [2.45, 2.75) is 19.9 Å². The zero-order valence-electron chi connectivity index (χ0n) is 11.6. The molecule has 5 heteroatoms. The van der Waals surface area contributed by atoms with Crippen LogP contribution in [0, 0.1) is 0 Å². The van der Waals surface area contributed by atoms with E-state index in [-0.39, 0.29) is 0 Å². The zero-order chi connectivity index (χ0) is 15.2. The average molecular weight is 345 g/mol. The highest BCUT2D eigenvalue weighted by Crippen LogP contribution is 2.34. The lowest BCUT2D eigenvalue weighted by molar-refractivity contribution is 0.318. The summed E-state index contributed by atoms with van der Waals surface area (Å²) in [7, 11) is 0. The molecule has 0 heterocycles. The number of rotatable bonds is 6. The average Bonchev–Trinajstić information content (AvgIpc) is 2.46. The first-order chi connectivity index (χ1) is 10.1. The maximum atomic E-state index is 6.22. The lowest BCUT2D eigenvalue weighted by Gasteiger charge is -2.12. The zero-order valence-corrected chi connectivity index (χ0v) is 13.9. The highest BCUT2D eigenvalue weighted by molar-refractivity contribution is 6.37. The van der Waals surface area contributed by atoms with Gasteiger partial charge in [-0.1, -0.05) is 53.9 Å². The van der Waals surface area contributed by atoms with E-state index in [1.54, 1.807) is 0 Å². The van der Waals surface area contributed by atoms with Crippen molar-refractivity contribution in [1.29, 1.82) is 0 Å². The molecule has 0 aliphatic heterocycles. The highest BCUT2D eigenvalue weighted by atomic mass is 35.5. The van der Waals surface area contributed by atoms with Gasteiger partial charge >= 0.3 is 0 Å². The molecule has 2 aromatic rings. The van der Waals surface area contributed by atoms with Crippen molar-refractivity contribution in [2.75, 3.05) is 11.9 Å². The Morgan fingerprint density at radius 3 is 2.29 bits per heavy atom. The van der Waals surface area contributed by atoms with E-state index in [9.17, 15) is 0 Å². The Labute approximate surface area is 140 Å². The van der Waals surface area contributed by atoms with Crippen LogP contribution in [0.3, 0.4) is 0 Å². The van der Waals surface area contributed by atoms with Gasteiger partial charge in [-0.2, -0.15) is 0 Å². The molecule has 0 amide bonds. The number of para-hydroxylation sites is 1. The molecule has 2 aromatic carbocycles. The van der Waals surface area contributed by atoms with Gasteiger partial charge in [-0.05, 0) is 36.2 Å². The molecule has 0 fully saturated rings. The van der Waals surface area contributed by atoms with Gasteiger partial charge in [0.2, 0.25) is 0 Å². The number of hydrogen-bond donors (Lipinski definition) is 1. The van der Waals surface area contributed by atoms with Crippen molar-refractivity contribution >= 4 is 40.5 Å². The molecule has 2 nitrogen and oxygen atoms in total. The summed E-state index contributed by atoms with van der Waals surface area (Å²) >= 11 is 18.5. The van der Waals surface area contributed by atoms with Crippen LogP contribution < -0.4 is 10.1 Å². The van der Waals surface area contributed by atoms with E-state index in [0.29, 0.717) is 34.0 Å². The second kappa shape index (κ2) is 7.79. The fourth-order valence-corrected chi connectivity index (χ4v) is 2.70. The lowest BCUT2D eigenvalue weighted by Crippen LogP contribution is -2.02. The van der Waals surface area contributed by atoms with Gasteiger partial charge in [0.25, 0.3) is 0 Å². The van der Waals surface area contributed by atoms with E-state index < -0.39 is 0 Å². The Hall–Kier alpha value is -1.09. The van der Waals surface area contributed by atoms with Crippen LogP contribution in [0.15, 0.2) is 36.4 Å². The molecule has 0 bridgehead atoms. The molecule has 0 radical (unpaired) electrons. The van der Waals surface area contributed by atoms with E-state index in [4.69, 9.17) is 39.5 Å². The van der Waals surface area contributed by atoms with Crippen LogP contribution in [0.1, 0.15) is 18.9 Å². The second-order valence-electron chi connectivity index (χ2n) is 4.57. The first-order valence-electron chi connectivity index (χ1n) is 6.71. The molecular weight excluding hydrogens is 329 g/mol. The van der Waals surface area contributed by atoms with Crippen molar-refractivity contribution in [3.8, 4) is 5.75 Å². The summed E-state index contributed by atoms with van der Waals surface area (Å²) in [5.41, 5.74) is 1.84. The molecule has 0 aliphatic rings. The van der Waals surface area contributed by atoms with Crippen molar-refractivity contribution < 1.29 is 4.74 Å². The summed E-state index contributed by atoms with van der Waals surface area (Å²) < 4.78 is 5.55. The lowest BCUT2D eigenvalue weighted by atomic mass is 10.2. The van der Waals surface area contributed by atoms with Gasteiger partial charge in [0.05, 0.1) is 27.4 Å². The normalized spacial score (nSPS) is 10.5. The third-order valence-electron chi connectivity index (χ3n) is 2.87. The van der Waals surface area contributed by atoms with Crippen molar-refractivity contribution in [3.05, 3.63) is 57.0 Å². The second-order valence-corrected chi connectivity index (χ2v) is 5.79. The van der Waals surface area contributed by atoms with Crippen LogP contribution in [0.4, 0.5) is 5.69 Å². The summed E-state index contributed by atoms with van der Waals surface area (Å²) in [5.74, 6) is 0.543. The number of halogens is 3. The van der Waals surface area contributed by atoms with Crippen molar-refractivity contribution in [1.82, 2.24) is 0 Å². The number of ether oxygens (including phenoxy) is 1. The quantitative estimate of drug-likeness (QED) is 0.689. The van der Waals surface area contributed by atoms with Gasteiger partial charge < -0.3 is 10.1 Å². The summed E-state index contributed by atoms with van der Waals surface area (Å²) in [4.78, 5) is 0. The first kappa shape index (κ1) is 16.3. The predicted molar refractivity (Wildman–Crippen MR) is 91.0 cm³/mol. The van der Waals surface area contributed by atoms with Crippen LogP contribution in [0.5, 0.6) is 5.75 Å². The fourth-order valence-electron chi connectivity index (χ4n) is 1.86. The summed E-state index contributed by atoms with van der Waals surface area (Å²) in [6.07, 6.45) is 0.905. The molecule has 0 spiro atoms. The molecule has 0 aliphatic carbocycles. The number of benzene rings is 2. The van der Waals surface area contributed by atoms with E-state index in [1.165, 1.54) is 0 Å². The molecule has 0 saturated heterocycles. The van der Waals surface area contributed by atoms with Crippen LogP contribution in [0.25, 0.3) is 0 Å². The minimum absolute atomic E-state index is 0.520. The Bertz CT molecular complexity index is 593. The van der Waals surface area contributed by atoms with Crippen LogP contribution in [-0.2, 0) is 6.54 Å². The van der Waals surface area contributed by atoms with Gasteiger partial charge in [-0.25, -0.2) is 0 Å². The van der Waals surface area contributed by atoms with Crippen molar-refractivity contribution in [3.63, 3.8) is 0 Å². The maximum absolute atomic E-state index is 6.22. The Kier molecular flexibility index (Phi) is 6.04. The molecule has 0 atom stereocenters. The predicted octanol–water partition coefficient (Wildman–Crippen LogP) is 6.05. The van der Waals surface area contributed by atoms with Gasteiger partial charge in [-0.3, -0.25) is 0 Å². The monoisotopic (exact) mass is 343 g/mol. The smallest absolute Gasteiger partial charge is 0.156 e. The highest BCUT2D eigenvalue weighted by Gasteiger charge is 2.10. The number of hydrogen-bond acceptors (Lipinski definition) is 2. The van der Waals surface area contributed by atoms with Crippen LogP contribution in [0.2, 0.25) is 15.1 Å². The SMILES string of the molecule is CCCOc1c(Cl)cc(CNc2ccccc2Cl)cc1Cl. The summed E-state index contributed by atoms with van der Waals surface area (Å²) in [6.45, 7) is 3.21. The largest absolute Gasteiger partial charge is 0.490 e. The molecule has 2 rings (SSSR count). The van der Waals surface area contributed by atoms with Gasteiger partial charge in [-0.15, -0.1) is 0 Å². The third-order valence-corrected chi connectivity index (χ3v) is 3.76. The molecule has 0 aromatic heterocycles. The third kappa shape index (κ3) is 4.44. The fraction of sp³-hybridized carbons (Fsp3) is 0.250. The standard InChI is InChI=1S/C16H16Cl3NO/c1-2-7-21-16-13(18)8-11(9-14(16)19)10-20-15-6-4-3-5-12(15)17/h3-6,8-9,20H,2,7,10H2,1H3. The minimum atomic E-state index is 0.520. The Morgan fingerprint density at radius 1 is 1.00 bits per heavy atom. The molecule has 0 saturated carbocycles. The number of anilines is 1. The maximum Gasteiger partial charge on any atom is 0.156 e. The minimum Gasteiger partial charge on any atom is -0.490 e. The van der Waals surface area contributed by atoms with Crippen LogP contribution >= 0.6 is 34.8 Å². The Morgan fingerprint density at radius 2 is 1.67 bits per heavy atom. The van der Waals surface area contributed by atoms with E-state index >= 15 is 0 Å². The van der Waals surface area contributed by atoms with E-state index in [2.05, 4.69) is 5.32 Å². The van der Waals surface area contributed by atoms with Crippen LogP contribution in [-0.4, -0.2) is 6.61 Å². The summed E-state index contributed by atoms with van der Waals surface area (Å²) in [5, 5.41) is 4.98. The van der Waals surface area contributed by atoms with E-state index in [1.807, 2.05) is 43.3 Å². The van der Waals surface area contributed by atoms with Gasteiger partial charge in [0.1, 0.15) is 0 Å². The molecule has 0 unspecified atom stereocenters.